The zero-order valence-electron chi connectivity index (χ0n) is 13.1. The molecule has 128 valence electrons. The van der Waals surface area contributed by atoms with Crippen LogP contribution in [-0.4, -0.2) is 23.2 Å². The van der Waals surface area contributed by atoms with Crippen LogP contribution >= 0.6 is 24.2 Å². The van der Waals surface area contributed by atoms with Crippen LogP contribution in [-0.2, 0) is 4.79 Å². The molecule has 0 bridgehead atoms. The van der Waals surface area contributed by atoms with Crippen LogP contribution in [0, 0.1) is 0 Å². The summed E-state index contributed by atoms with van der Waals surface area (Å²) in [5, 5.41) is 8.61. The highest BCUT2D eigenvalue weighted by Gasteiger charge is 2.25. The topological polar surface area (TPSA) is 72.6 Å². The van der Waals surface area contributed by atoms with Gasteiger partial charge in [-0.3, -0.25) is 4.79 Å². The highest BCUT2D eigenvalue weighted by Crippen LogP contribution is 2.36. The van der Waals surface area contributed by atoms with Crippen LogP contribution < -0.4 is 4.74 Å². The molecule has 0 saturated carbocycles. The van der Waals surface area contributed by atoms with E-state index in [0.717, 1.165) is 11.1 Å². The Morgan fingerprint density at radius 1 is 1.16 bits per heavy atom. The number of ether oxygens (including phenoxy) is 1. The number of carboxylic acid groups (broad SMARTS) is 1. The number of oxazole rings is 1. The maximum Gasteiger partial charge on any atom is 0.325 e. The maximum absolute atomic E-state index is 11.2. The van der Waals surface area contributed by atoms with Crippen molar-refractivity contribution in [2.45, 2.75) is 5.25 Å². The molecule has 0 radical (unpaired) electrons. The Morgan fingerprint density at radius 3 is 2.32 bits per heavy atom. The minimum Gasteiger partial charge on any atom is -0.497 e. The summed E-state index contributed by atoms with van der Waals surface area (Å²) in [6.45, 7) is 0. The molecular formula is C18H14ClNO4S. The Labute approximate surface area is 154 Å². The summed E-state index contributed by atoms with van der Waals surface area (Å²) in [6, 6.07) is 14.3. The predicted molar refractivity (Wildman–Crippen MR) is 98.3 cm³/mol. The smallest absolute Gasteiger partial charge is 0.325 e. The van der Waals surface area contributed by atoms with Gasteiger partial charge in [0.05, 0.1) is 7.11 Å². The van der Waals surface area contributed by atoms with Gasteiger partial charge < -0.3 is 14.3 Å². The van der Waals surface area contributed by atoms with E-state index in [1.54, 1.807) is 43.5 Å². The zero-order valence-corrected chi connectivity index (χ0v) is 14.8. The lowest BCUT2D eigenvalue weighted by molar-refractivity contribution is -0.136. The molecule has 1 unspecified atom stereocenters. The number of nitrogens with zero attached hydrogens (tertiary/aromatic N) is 1. The quantitative estimate of drug-likeness (QED) is 0.631. The van der Waals surface area contributed by atoms with E-state index in [1.807, 2.05) is 12.1 Å². The van der Waals surface area contributed by atoms with Gasteiger partial charge in [0.1, 0.15) is 11.4 Å². The minimum absolute atomic E-state index is 0.0200. The van der Waals surface area contributed by atoms with Gasteiger partial charge in [0.25, 0.3) is 0 Å². The average Bonchev–Trinajstić information content (AvgIpc) is 3.07. The fraction of sp³-hybridized carbons (Fsp3) is 0.111. The second-order valence-electron chi connectivity index (χ2n) is 5.21. The molecule has 25 heavy (non-hydrogen) atoms. The molecule has 2 aromatic carbocycles. The van der Waals surface area contributed by atoms with Gasteiger partial charge in [-0.25, -0.2) is 4.98 Å². The monoisotopic (exact) mass is 375 g/mol. The van der Waals surface area contributed by atoms with Crippen LogP contribution in [0.1, 0.15) is 11.1 Å². The Hall–Kier alpha value is -2.44. The molecular weight excluding hydrogens is 362 g/mol. The first kappa shape index (κ1) is 17.4. The number of aromatic nitrogens is 1. The van der Waals surface area contributed by atoms with Crippen molar-refractivity contribution in [2.24, 2.45) is 0 Å². The van der Waals surface area contributed by atoms with E-state index in [0.29, 0.717) is 22.2 Å². The molecule has 0 aliphatic heterocycles. The fourth-order valence-corrected chi connectivity index (χ4v) is 2.54. The number of aliphatic carboxylic acids is 1. The van der Waals surface area contributed by atoms with E-state index < -0.39 is 11.2 Å². The molecule has 1 heterocycles. The van der Waals surface area contributed by atoms with Gasteiger partial charge in [0, 0.05) is 16.1 Å². The van der Waals surface area contributed by atoms with Crippen molar-refractivity contribution < 1.29 is 19.1 Å². The fourth-order valence-electron chi connectivity index (χ4n) is 2.30. The van der Waals surface area contributed by atoms with E-state index in [-0.39, 0.29) is 5.89 Å². The predicted octanol–water partition coefficient (Wildman–Crippen LogP) is 4.73. The van der Waals surface area contributed by atoms with Crippen molar-refractivity contribution in [1.29, 1.82) is 0 Å². The summed E-state index contributed by atoms with van der Waals surface area (Å²) in [4.78, 5) is 15.6. The number of hydrogen-bond donors (Lipinski definition) is 2. The minimum atomic E-state index is -1.15. The molecule has 3 aromatic rings. The number of carbonyl (C=O) groups is 1. The van der Waals surface area contributed by atoms with Crippen molar-refractivity contribution >= 4 is 30.2 Å². The lowest BCUT2D eigenvalue weighted by atomic mass is 10.1. The summed E-state index contributed by atoms with van der Waals surface area (Å²) in [6.07, 6.45) is 0. The molecule has 3 rings (SSSR count). The molecule has 1 aromatic heterocycles. The number of hydrogen-bond acceptors (Lipinski definition) is 5. The van der Waals surface area contributed by atoms with Crippen LogP contribution in [0.4, 0.5) is 0 Å². The normalized spacial score (nSPS) is 12.0. The van der Waals surface area contributed by atoms with Crippen molar-refractivity contribution in [3.8, 4) is 28.3 Å². The highest BCUT2D eigenvalue weighted by atomic mass is 35.5. The molecule has 1 atom stereocenters. The number of carboxylic acids is 1. The van der Waals surface area contributed by atoms with Gasteiger partial charge in [0.2, 0.25) is 5.89 Å². The van der Waals surface area contributed by atoms with Gasteiger partial charge in [0.15, 0.2) is 11.0 Å². The number of halogens is 1. The number of thiol groups is 1. The lowest BCUT2D eigenvalue weighted by Crippen LogP contribution is -2.05. The Morgan fingerprint density at radius 2 is 1.76 bits per heavy atom. The second-order valence-corrected chi connectivity index (χ2v) is 6.16. The molecule has 0 aliphatic carbocycles. The molecule has 7 heteroatoms. The molecule has 5 nitrogen and oxygen atoms in total. The maximum atomic E-state index is 11.2. The van der Waals surface area contributed by atoms with Gasteiger partial charge in [-0.1, -0.05) is 23.7 Å². The third-order valence-electron chi connectivity index (χ3n) is 3.58. The summed E-state index contributed by atoms with van der Waals surface area (Å²) < 4.78 is 10.9. The molecule has 0 spiro atoms. The molecule has 0 fully saturated rings. The second kappa shape index (κ2) is 7.21. The van der Waals surface area contributed by atoms with Crippen molar-refractivity contribution in [1.82, 2.24) is 4.98 Å². The van der Waals surface area contributed by atoms with Gasteiger partial charge >= 0.3 is 5.97 Å². The van der Waals surface area contributed by atoms with E-state index in [4.69, 9.17) is 20.8 Å². The SMILES string of the molecule is COc1ccc(-c2oc(C(S)C(=O)O)nc2-c2ccc(Cl)cc2)cc1. The van der Waals surface area contributed by atoms with Crippen LogP contribution in [0.3, 0.4) is 0 Å². The van der Waals surface area contributed by atoms with E-state index >= 15 is 0 Å². The van der Waals surface area contributed by atoms with Crippen LogP contribution in [0.2, 0.25) is 5.02 Å². The number of benzene rings is 2. The van der Waals surface area contributed by atoms with E-state index in [9.17, 15) is 9.90 Å². The lowest BCUT2D eigenvalue weighted by Gasteiger charge is -2.04. The first-order chi connectivity index (χ1) is 12.0. The van der Waals surface area contributed by atoms with E-state index in [1.165, 1.54) is 0 Å². The largest absolute Gasteiger partial charge is 0.497 e. The molecule has 0 saturated heterocycles. The van der Waals surface area contributed by atoms with Gasteiger partial charge in [-0.05, 0) is 36.4 Å². The molecule has 1 N–H and O–H groups in total. The van der Waals surface area contributed by atoms with Crippen molar-refractivity contribution in [2.75, 3.05) is 7.11 Å². The van der Waals surface area contributed by atoms with Crippen LogP contribution in [0.15, 0.2) is 52.9 Å². The first-order valence-electron chi connectivity index (χ1n) is 7.31. The van der Waals surface area contributed by atoms with Gasteiger partial charge in [-0.2, -0.15) is 12.6 Å². The molecule has 0 amide bonds. The summed E-state index contributed by atoms with van der Waals surface area (Å²) in [5.41, 5.74) is 2.03. The van der Waals surface area contributed by atoms with Crippen LogP contribution in [0.25, 0.3) is 22.6 Å². The third kappa shape index (κ3) is 3.65. The standard InChI is InChI=1S/C18H14ClNO4S/c1-23-13-8-4-11(5-9-13)15-14(10-2-6-12(19)7-3-10)20-17(24-15)16(25)18(21)22/h2-9,16,25H,1H3,(H,21,22). The summed E-state index contributed by atoms with van der Waals surface area (Å²) in [5.74, 6) is 0.0505. The zero-order chi connectivity index (χ0) is 18.0. The molecule has 0 aliphatic rings. The van der Waals surface area contributed by atoms with Crippen LogP contribution in [0.5, 0.6) is 5.75 Å². The summed E-state index contributed by atoms with van der Waals surface area (Å²) >= 11 is 9.99. The Bertz CT molecular complexity index is 890. The van der Waals surface area contributed by atoms with E-state index in [2.05, 4.69) is 17.6 Å². The number of methoxy groups -OCH3 is 1. The highest BCUT2D eigenvalue weighted by molar-refractivity contribution is 7.81. The summed E-state index contributed by atoms with van der Waals surface area (Å²) in [7, 11) is 1.58. The first-order valence-corrected chi connectivity index (χ1v) is 8.21. The average molecular weight is 376 g/mol. The Kier molecular flexibility index (Phi) is 5.01. The Balaban J connectivity index is 2.13. The third-order valence-corrected chi connectivity index (χ3v) is 4.28. The van der Waals surface area contributed by atoms with Crippen molar-refractivity contribution in [3.63, 3.8) is 0 Å². The van der Waals surface area contributed by atoms with Gasteiger partial charge in [-0.15, -0.1) is 0 Å². The number of rotatable bonds is 5. The van der Waals surface area contributed by atoms with Crippen molar-refractivity contribution in [3.05, 3.63) is 59.4 Å².